The highest BCUT2D eigenvalue weighted by atomic mass is 32.1. The summed E-state index contributed by atoms with van der Waals surface area (Å²) in [7, 11) is 0. The Hall–Kier alpha value is -2.71. The van der Waals surface area contributed by atoms with Crippen LogP contribution in [0.2, 0.25) is 0 Å². The van der Waals surface area contributed by atoms with E-state index in [9.17, 15) is 9.18 Å². The van der Waals surface area contributed by atoms with Gasteiger partial charge in [-0.3, -0.25) is 4.79 Å². The first-order valence-electron chi connectivity index (χ1n) is 10.9. The number of carbonyl (C=O) groups excluding carboxylic acids is 1. The van der Waals surface area contributed by atoms with Crippen LogP contribution in [0.5, 0.6) is 0 Å². The predicted molar refractivity (Wildman–Crippen MR) is 126 cm³/mol. The average molecular weight is 455 g/mol. The number of anilines is 2. The number of thiazole rings is 1. The number of carbonyl (C=O) groups is 1. The summed E-state index contributed by atoms with van der Waals surface area (Å²) in [6.07, 6.45) is 10.3. The molecule has 1 N–H and O–H groups in total. The molecule has 8 heteroatoms. The fraction of sp³-hybridized carbons (Fsp3) is 0.417. The van der Waals surface area contributed by atoms with Gasteiger partial charge in [0.15, 0.2) is 5.13 Å². The molecule has 1 atom stereocenters. The Kier molecular flexibility index (Phi) is 5.29. The van der Waals surface area contributed by atoms with Gasteiger partial charge in [-0.2, -0.15) is 0 Å². The van der Waals surface area contributed by atoms with Gasteiger partial charge in [0.2, 0.25) is 5.91 Å². The third kappa shape index (κ3) is 3.42. The molecule has 3 aliphatic rings. The van der Waals surface area contributed by atoms with Crippen molar-refractivity contribution >= 4 is 34.1 Å². The molecule has 2 saturated heterocycles. The molecule has 0 radical (unpaired) electrons. The van der Waals surface area contributed by atoms with E-state index in [4.69, 9.17) is 4.74 Å². The van der Waals surface area contributed by atoms with E-state index >= 15 is 0 Å². The van der Waals surface area contributed by atoms with Crippen molar-refractivity contribution < 1.29 is 13.9 Å². The molecule has 1 amide bonds. The maximum Gasteiger partial charge on any atom is 0.223 e. The van der Waals surface area contributed by atoms with E-state index in [1.54, 1.807) is 17.4 Å². The zero-order valence-corrected chi connectivity index (χ0v) is 19.1. The van der Waals surface area contributed by atoms with Crippen LogP contribution in [0, 0.1) is 5.82 Å². The number of hydrogen-bond acceptors (Lipinski definition) is 6. The van der Waals surface area contributed by atoms with Crippen molar-refractivity contribution in [1.29, 1.82) is 0 Å². The fourth-order valence-corrected chi connectivity index (χ4v) is 5.81. The molecule has 0 spiro atoms. The molecule has 168 valence electrons. The summed E-state index contributed by atoms with van der Waals surface area (Å²) in [4.78, 5) is 22.5. The van der Waals surface area contributed by atoms with E-state index < -0.39 is 11.1 Å². The van der Waals surface area contributed by atoms with Gasteiger partial charge in [0.05, 0.1) is 13.2 Å². The Balaban J connectivity index is 1.40. The Morgan fingerprint density at radius 3 is 2.84 bits per heavy atom. The first-order chi connectivity index (χ1) is 15.4. The molecule has 4 heterocycles. The highest BCUT2D eigenvalue weighted by molar-refractivity contribution is 7.16. The summed E-state index contributed by atoms with van der Waals surface area (Å²) in [5.41, 5.74) is 0.641. The lowest BCUT2D eigenvalue weighted by Crippen LogP contribution is -2.68. The molecule has 32 heavy (non-hydrogen) atoms. The van der Waals surface area contributed by atoms with Gasteiger partial charge in [-0.1, -0.05) is 37.3 Å². The van der Waals surface area contributed by atoms with Crippen LogP contribution in [0.3, 0.4) is 0 Å². The zero-order valence-electron chi connectivity index (χ0n) is 18.3. The highest BCUT2D eigenvalue weighted by Gasteiger charge is 2.57. The summed E-state index contributed by atoms with van der Waals surface area (Å²) >= 11 is 1.65. The summed E-state index contributed by atoms with van der Waals surface area (Å²) in [6, 6.07) is 4.90. The largest absolute Gasteiger partial charge is 0.378 e. The van der Waals surface area contributed by atoms with E-state index in [1.807, 2.05) is 36.6 Å². The Bertz CT molecular complexity index is 1090. The van der Waals surface area contributed by atoms with Crippen LogP contribution in [-0.4, -0.2) is 49.4 Å². The van der Waals surface area contributed by atoms with Crippen LogP contribution >= 0.6 is 11.3 Å². The topological polar surface area (TPSA) is 57.7 Å². The lowest BCUT2D eigenvalue weighted by molar-refractivity contribution is -0.124. The number of ether oxygens (including phenoxy) is 1. The van der Waals surface area contributed by atoms with E-state index in [0.29, 0.717) is 13.0 Å². The molecule has 1 aromatic heterocycles. The van der Waals surface area contributed by atoms with Crippen molar-refractivity contribution in [2.75, 3.05) is 42.6 Å². The first kappa shape index (κ1) is 21.2. The lowest BCUT2D eigenvalue weighted by atomic mass is 9.74. The molecule has 6 nitrogen and oxygen atoms in total. The van der Waals surface area contributed by atoms with Crippen LogP contribution < -0.4 is 15.1 Å². The third-order valence-electron chi connectivity index (χ3n) is 6.70. The van der Waals surface area contributed by atoms with Crippen molar-refractivity contribution in [2.45, 2.75) is 31.3 Å². The van der Waals surface area contributed by atoms with Crippen LogP contribution in [0.1, 0.15) is 30.7 Å². The molecular weight excluding hydrogens is 427 g/mol. The minimum atomic E-state index is -0.741. The van der Waals surface area contributed by atoms with Crippen molar-refractivity contribution in [3.8, 4) is 0 Å². The number of hydrogen-bond donors (Lipinski definition) is 1. The summed E-state index contributed by atoms with van der Waals surface area (Å²) < 4.78 is 19.5. The number of amides is 1. The van der Waals surface area contributed by atoms with Crippen molar-refractivity contribution in [3.63, 3.8) is 0 Å². The SMILES string of the molecule is CC1(C)c2cc(F)ccc2N2CCC(=O)NC21C=CC=Cc1cnc(N2CCOCC2)s1. The standard InChI is InChI=1S/C24H27FN4O2S/c1-23(2)19-15-17(25)6-7-20(19)29-10-8-21(30)27-24(23,29)9-4-3-5-18-16-26-22(32-18)28-11-13-31-14-12-28/h3-7,9,15-16H,8,10-14H2,1-2H3,(H,27,30). The van der Waals surface area contributed by atoms with Gasteiger partial charge in [-0.25, -0.2) is 9.37 Å². The number of fused-ring (bicyclic) bond motifs is 3. The van der Waals surface area contributed by atoms with Crippen LogP contribution in [-0.2, 0) is 14.9 Å². The highest BCUT2D eigenvalue weighted by Crippen LogP contribution is 2.52. The maximum absolute atomic E-state index is 14.1. The normalized spacial score (nSPS) is 24.8. The van der Waals surface area contributed by atoms with Gasteiger partial charge in [0.25, 0.3) is 0 Å². The quantitative estimate of drug-likeness (QED) is 0.714. The molecular formula is C24H27FN4O2S. The molecule has 0 bridgehead atoms. The Labute approximate surface area is 191 Å². The summed E-state index contributed by atoms with van der Waals surface area (Å²) in [5, 5.41) is 4.22. The number of benzene rings is 1. The minimum Gasteiger partial charge on any atom is -0.378 e. The monoisotopic (exact) mass is 454 g/mol. The van der Waals surface area contributed by atoms with Crippen LogP contribution in [0.25, 0.3) is 6.08 Å². The number of allylic oxidation sites excluding steroid dienone is 2. The number of nitrogens with one attached hydrogen (secondary N) is 1. The van der Waals surface area contributed by atoms with E-state index in [2.05, 4.69) is 33.9 Å². The molecule has 2 aromatic rings. The van der Waals surface area contributed by atoms with Gasteiger partial charge in [-0.15, -0.1) is 0 Å². The number of aromatic nitrogens is 1. The number of halogens is 1. The molecule has 1 unspecified atom stereocenters. The van der Waals surface area contributed by atoms with Gasteiger partial charge < -0.3 is 19.9 Å². The lowest BCUT2D eigenvalue weighted by Gasteiger charge is -2.49. The second-order valence-corrected chi connectivity index (χ2v) is 9.91. The van der Waals surface area contributed by atoms with E-state index in [0.717, 1.165) is 47.6 Å². The van der Waals surface area contributed by atoms with Gasteiger partial charge in [0, 0.05) is 48.2 Å². The predicted octanol–water partition coefficient (Wildman–Crippen LogP) is 3.70. The molecule has 5 rings (SSSR count). The molecule has 2 fully saturated rings. The smallest absolute Gasteiger partial charge is 0.223 e. The fourth-order valence-electron chi connectivity index (χ4n) is 4.93. The van der Waals surface area contributed by atoms with Crippen molar-refractivity contribution in [3.05, 3.63) is 58.9 Å². The minimum absolute atomic E-state index is 0.00819. The van der Waals surface area contributed by atoms with Crippen molar-refractivity contribution in [2.24, 2.45) is 0 Å². The maximum atomic E-state index is 14.1. The van der Waals surface area contributed by atoms with Gasteiger partial charge in [0.1, 0.15) is 11.5 Å². The second-order valence-electron chi connectivity index (χ2n) is 8.87. The number of rotatable bonds is 4. The zero-order chi connectivity index (χ0) is 22.3. The van der Waals surface area contributed by atoms with E-state index in [-0.39, 0.29) is 11.7 Å². The van der Waals surface area contributed by atoms with Crippen LogP contribution in [0.15, 0.2) is 42.6 Å². The van der Waals surface area contributed by atoms with Crippen molar-refractivity contribution in [1.82, 2.24) is 10.3 Å². The van der Waals surface area contributed by atoms with E-state index in [1.165, 1.54) is 6.07 Å². The number of nitrogens with zero attached hydrogens (tertiary/aromatic N) is 3. The van der Waals surface area contributed by atoms with Crippen LogP contribution in [0.4, 0.5) is 15.2 Å². The third-order valence-corrected chi connectivity index (χ3v) is 7.72. The first-order valence-corrected chi connectivity index (χ1v) is 11.8. The average Bonchev–Trinajstić information content (AvgIpc) is 3.32. The molecule has 0 aliphatic carbocycles. The molecule has 1 aromatic carbocycles. The molecule has 0 saturated carbocycles. The van der Waals surface area contributed by atoms with Gasteiger partial charge in [-0.05, 0) is 35.9 Å². The number of morpholine rings is 1. The second kappa shape index (κ2) is 8.01. The summed E-state index contributed by atoms with van der Waals surface area (Å²) in [6.45, 7) is 7.92. The Morgan fingerprint density at radius 2 is 2.03 bits per heavy atom. The molecule has 3 aliphatic heterocycles. The van der Waals surface area contributed by atoms with Gasteiger partial charge >= 0.3 is 0 Å². The Morgan fingerprint density at radius 1 is 1.22 bits per heavy atom. The summed E-state index contributed by atoms with van der Waals surface area (Å²) in [5.74, 6) is -0.253.